The molecule has 1 N–H and O–H groups in total. The highest BCUT2D eigenvalue weighted by atomic mass is 15.1. The molecule has 2 nitrogen and oxygen atoms in total. The van der Waals surface area contributed by atoms with Gasteiger partial charge in [0.2, 0.25) is 0 Å². The zero-order chi connectivity index (χ0) is 17.4. The lowest BCUT2D eigenvalue weighted by molar-refractivity contribution is 0.241. The molecule has 0 spiro atoms. The number of para-hydroxylation sites is 1. The molecule has 0 amide bonds. The van der Waals surface area contributed by atoms with Crippen LogP contribution in [0.25, 0.3) is 10.9 Å². The van der Waals surface area contributed by atoms with E-state index in [0.29, 0.717) is 0 Å². The first-order valence-electron chi connectivity index (χ1n) is 9.87. The number of fused-ring (bicyclic) bond motifs is 1. The third kappa shape index (κ3) is 5.98. The lowest BCUT2D eigenvalue weighted by atomic mass is 10.0. The Morgan fingerprint density at radius 3 is 2.46 bits per heavy atom. The average Bonchev–Trinajstić information content (AvgIpc) is 2.97. The zero-order valence-electron chi connectivity index (χ0n) is 16.1. The van der Waals surface area contributed by atoms with Crippen molar-refractivity contribution in [1.82, 2.24) is 9.88 Å². The quantitative estimate of drug-likeness (QED) is 0.545. The van der Waals surface area contributed by atoms with Crippen LogP contribution in [0.2, 0.25) is 0 Å². The second-order valence-corrected chi connectivity index (χ2v) is 7.82. The number of nitrogens with zero attached hydrogens (tertiary/aromatic N) is 1. The summed E-state index contributed by atoms with van der Waals surface area (Å²) in [7, 11) is 0. The minimum Gasteiger partial charge on any atom is -0.361 e. The Bertz CT molecular complexity index is 584. The Morgan fingerprint density at radius 2 is 1.71 bits per heavy atom. The van der Waals surface area contributed by atoms with Crippen molar-refractivity contribution in [3.05, 3.63) is 36.0 Å². The molecule has 2 rings (SSSR count). The van der Waals surface area contributed by atoms with Gasteiger partial charge in [0.05, 0.1) is 0 Å². The Balaban J connectivity index is 1.91. The van der Waals surface area contributed by atoms with Gasteiger partial charge in [-0.25, -0.2) is 0 Å². The fourth-order valence-corrected chi connectivity index (χ4v) is 3.43. The van der Waals surface area contributed by atoms with Crippen molar-refractivity contribution in [2.75, 3.05) is 19.6 Å². The maximum atomic E-state index is 3.41. The maximum Gasteiger partial charge on any atom is 0.0456 e. The van der Waals surface area contributed by atoms with Crippen LogP contribution in [-0.2, 0) is 6.42 Å². The van der Waals surface area contributed by atoms with Crippen molar-refractivity contribution >= 4 is 10.9 Å². The van der Waals surface area contributed by atoms with Crippen molar-refractivity contribution in [3.63, 3.8) is 0 Å². The van der Waals surface area contributed by atoms with E-state index in [1.165, 1.54) is 61.8 Å². The molecule has 0 bridgehead atoms. The molecule has 2 heteroatoms. The summed E-state index contributed by atoms with van der Waals surface area (Å²) in [6.45, 7) is 13.0. The van der Waals surface area contributed by atoms with Crippen LogP contribution in [0.4, 0.5) is 0 Å². The average molecular weight is 329 g/mol. The summed E-state index contributed by atoms with van der Waals surface area (Å²) in [5.41, 5.74) is 2.72. The van der Waals surface area contributed by atoms with E-state index in [1.54, 1.807) is 0 Å². The smallest absolute Gasteiger partial charge is 0.0456 e. The monoisotopic (exact) mass is 328 g/mol. The van der Waals surface area contributed by atoms with Crippen molar-refractivity contribution in [3.8, 4) is 0 Å². The molecule has 1 heterocycles. The van der Waals surface area contributed by atoms with Gasteiger partial charge in [-0.05, 0) is 55.8 Å². The fourth-order valence-electron chi connectivity index (χ4n) is 3.43. The summed E-state index contributed by atoms with van der Waals surface area (Å²) in [5.74, 6) is 1.64. The van der Waals surface area contributed by atoms with Gasteiger partial charge in [0, 0.05) is 23.6 Å². The molecule has 24 heavy (non-hydrogen) atoms. The predicted molar refractivity (Wildman–Crippen MR) is 107 cm³/mol. The molecule has 2 aromatic rings. The van der Waals surface area contributed by atoms with E-state index >= 15 is 0 Å². The molecule has 0 aliphatic heterocycles. The van der Waals surface area contributed by atoms with E-state index in [2.05, 4.69) is 68.0 Å². The molecular weight excluding hydrogens is 292 g/mol. The Labute approximate surface area is 148 Å². The van der Waals surface area contributed by atoms with Gasteiger partial charge >= 0.3 is 0 Å². The number of H-pyrrole nitrogens is 1. The molecular formula is C22H36N2. The number of hydrogen-bond acceptors (Lipinski definition) is 1. The highest BCUT2D eigenvalue weighted by Gasteiger charge is 2.11. The SMILES string of the molecule is CCCC(C)CCN(CCc1c[nH]c2ccccc12)CCC(C)C. The third-order valence-electron chi connectivity index (χ3n) is 5.11. The second kappa shape index (κ2) is 9.88. The predicted octanol–water partition coefficient (Wildman–Crippen LogP) is 5.88. The number of benzene rings is 1. The Morgan fingerprint density at radius 1 is 0.958 bits per heavy atom. The molecule has 0 fully saturated rings. The maximum absolute atomic E-state index is 3.41. The van der Waals surface area contributed by atoms with E-state index < -0.39 is 0 Å². The number of aromatic nitrogens is 1. The van der Waals surface area contributed by atoms with Crippen LogP contribution in [0.3, 0.4) is 0 Å². The van der Waals surface area contributed by atoms with Gasteiger partial charge in [0.15, 0.2) is 0 Å². The Hall–Kier alpha value is -1.28. The second-order valence-electron chi connectivity index (χ2n) is 7.82. The van der Waals surface area contributed by atoms with Gasteiger partial charge in [-0.15, -0.1) is 0 Å². The van der Waals surface area contributed by atoms with Crippen LogP contribution in [0, 0.1) is 11.8 Å². The molecule has 134 valence electrons. The summed E-state index contributed by atoms with van der Waals surface area (Å²) in [6.07, 6.45) is 8.65. The first-order chi connectivity index (χ1) is 11.6. The number of hydrogen-bond donors (Lipinski definition) is 1. The van der Waals surface area contributed by atoms with Crippen molar-refractivity contribution in [1.29, 1.82) is 0 Å². The molecule has 1 aromatic heterocycles. The van der Waals surface area contributed by atoms with Gasteiger partial charge in [0.1, 0.15) is 0 Å². The highest BCUT2D eigenvalue weighted by molar-refractivity contribution is 5.83. The lowest BCUT2D eigenvalue weighted by Gasteiger charge is -2.24. The lowest BCUT2D eigenvalue weighted by Crippen LogP contribution is -2.30. The summed E-state index contributed by atoms with van der Waals surface area (Å²) in [5, 5.41) is 1.39. The minimum absolute atomic E-state index is 0.786. The molecule has 1 atom stereocenters. The van der Waals surface area contributed by atoms with Crippen LogP contribution in [0.1, 0.15) is 58.9 Å². The molecule has 0 saturated heterocycles. The number of aromatic amines is 1. The normalized spacial score (nSPS) is 13.2. The molecule has 1 aromatic carbocycles. The first-order valence-corrected chi connectivity index (χ1v) is 9.87. The van der Waals surface area contributed by atoms with Crippen LogP contribution < -0.4 is 0 Å². The van der Waals surface area contributed by atoms with E-state index in [4.69, 9.17) is 0 Å². The van der Waals surface area contributed by atoms with Crippen LogP contribution in [0.5, 0.6) is 0 Å². The van der Waals surface area contributed by atoms with E-state index in [9.17, 15) is 0 Å². The number of nitrogens with one attached hydrogen (secondary N) is 1. The highest BCUT2D eigenvalue weighted by Crippen LogP contribution is 2.19. The van der Waals surface area contributed by atoms with Gasteiger partial charge in [-0.3, -0.25) is 0 Å². The number of rotatable bonds is 11. The van der Waals surface area contributed by atoms with Crippen molar-refractivity contribution in [2.24, 2.45) is 11.8 Å². The van der Waals surface area contributed by atoms with Gasteiger partial charge < -0.3 is 9.88 Å². The first kappa shape index (κ1) is 19.1. The van der Waals surface area contributed by atoms with E-state index in [0.717, 1.165) is 18.3 Å². The standard InChI is InChI=1S/C22H36N2/c1-5-8-19(4)12-15-24(14-11-18(2)3)16-13-20-17-23-22-10-7-6-9-21(20)22/h6-7,9-10,17-19,23H,5,8,11-16H2,1-4H3. The van der Waals surface area contributed by atoms with E-state index in [1.807, 2.05) is 0 Å². The fraction of sp³-hybridized carbons (Fsp3) is 0.636. The van der Waals surface area contributed by atoms with Crippen LogP contribution in [-0.4, -0.2) is 29.5 Å². The van der Waals surface area contributed by atoms with Crippen LogP contribution >= 0.6 is 0 Å². The van der Waals surface area contributed by atoms with Crippen molar-refractivity contribution < 1.29 is 0 Å². The van der Waals surface area contributed by atoms with E-state index in [-0.39, 0.29) is 0 Å². The van der Waals surface area contributed by atoms with Crippen LogP contribution in [0.15, 0.2) is 30.5 Å². The third-order valence-corrected chi connectivity index (χ3v) is 5.11. The molecule has 0 aliphatic carbocycles. The topological polar surface area (TPSA) is 19.0 Å². The molecule has 1 unspecified atom stereocenters. The largest absolute Gasteiger partial charge is 0.361 e. The summed E-state index contributed by atoms with van der Waals surface area (Å²) < 4.78 is 0. The summed E-state index contributed by atoms with van der Waals surface area (Å²) in [6, 6.07) is 8.65. The summed E-state index contributed by atoms with van der Waals surface area (Å²) >= 11 is 0. The Kier molecular flexibility index (Phi) is 7.84. The molecule has 0 saturated carbocycles. The molecule has 0 radical (unpaired) electrons. The van der Waals surface area contributed by atoms with Gasteiger partial charge in [-0.2, -0.15) is 0 Å². The van der Waals surface area contributed by atoms with Gasteiger partial charge in [-0.1, -0.05) is 58.7 Å². The minimum atomic E-state index is 0.786. The van der Waals surface area contributed by atoms with Gasteiger partial charge in [0.25, 0.3) is 0 Å². The zero-order valence-corrected chi connectivity index (χ0v) is 16.1. The molecule has 0 aliphatic rings. The van der Waals surface area contributed by atoms with Crippen molar-refractivity contribution in [2.45, 2.75) is 59.8 Å². The summed E-state index contributed by atoms with van der Waals surface area (Å²) in [4.78, 5) is 6.10.